The van der Waals surface area contributed by atoms with Crippen LogP contribution in [-0.4, -0.2) is 40.1 Å². The van der Waals surface area contributed by atoms with E-state index in [0.29, 0.717) is 11.6 Å². The number of aliphatic hydroxyl groups excluding tert-OH is 1. The summed E-state index contributed by atoms with van der Waals surface area (Å²) in [4.78, 5) is 10.3. The van der Waals surface area contributed by atoms with Crippen LogP contribution in [0, 0.1) is 5.41 Å². The van der Waals surface area contributed by atoms with Gasteiger partial charge in [0.2, 0.25) is 5.95 Å². The van der Waals surface area contributed by atoms with Crippen molar-refractivity contribution in [1.82, 2.24) is 9.97 Å². The second-order valence-corrected chi connectivity index (χ2v) is 4.69. The van der Waals surface area contributed by atoms with E-state index in [9.17, 15) is 5.11 Å². The highest BCUT2D eigenvalue weighted by Gasteiger charge is 2.28. The van der Waals surface area contributed by atoms with E-state index in [4.69, 9.17) is 11.1 Å². The van der Waals surface area contributed by atoms with Gasteiger partial charge in [-0.15, -0.1) is 0 Å². The molecule has 0 saturated heterocycles. The minimum atomic E-state index is -0.340. The van der Waals surface area contributed by atoms with Gasteiger partial charge in [-0.05, 0) is 18.9 Å². The van der Waals surface area contributed by atoms with Crippen molar-refractivity contribution in [1.29, 1.82) is 5.41 Å². The first-order chi connectivity index (χ1) is 8.59. The number of anilines is 1. The molecular formula is C12H19N5O. The molecule has 1 saturated carbocycles. The lowest BCUT2D eigenvalue weighted by molar-refractivity contribution is 0.105. The Kier molecular flexibility index (Phi) is 3.76. The molecule has 2 atom stereocenters. The smallest absolute Gasteiger partial charge is 0.226 e. The molecular weight excluding hydrogens is 230 g/mol. The molecule has 0 aromatic carbocycles. The first-order valence-electron chi connectivity index (χ1n) is 6.18. The zero-order chi connectivity index (χ0) is 13.1. The third-order valence-corrected chi connectivity index (χ3v) is 3.43. The van der Waals surface area contributed by atoms with Crippen LogP contribution in [0.1, 0.15) is 31.4 Å². The third-order valence-electron chi connectivity index (χ3n) is 3.43. The molecule has 6 heteroatoms. The van der Waals surface area contributed by atoms with Gasteiger partial charge in [-0.2, -0.15) is 0 Å². The largest absolute Gasteiger partial charge is 0.391 e. The van der Waals surface area contributed by atoms with Gasteiger partial charge in [0.15, 0.2) is 0 Å². The number of aliphatic hydroxyl groups is 1. The zero-order valence-corrected chi connectivity index (χ0v) is 10.5. The molecule has 98 valence electrons. The molecule has 1 fully saturated rings. The molecule has 0 spiro atoms. The van der Waals surface area contributed by atoms with Gasteiger partial charge in [0, 0.05) is 13.2 Å². The maximum absolute atomic E-state index is 10.0. The molecule has 2 unspecified atom stereocenters. The van der Waals surface area contributed by atoms with E-state index in [-0.39, 0.29) is 18.0 Å². The minimum absolute atomic E-state index is 0.0426. The van der Waals surface area contributed by atoms with Crippen molar-refractivity contribution >= 4 is 11.8 Å². The Balaban J connectivity index is 2.19. The van der Waals surface area contributed by atoms with Crippen molar-refractivity contribution in [3.63, 3.8) is 0 Å². The standard InChI is InChI=1S/C12H19N5O/c1-17(9-4-2-3-5-10(9)18)12-15-7-6-8(16-12)11(13)14/h6-7,9-10,18H,2-5H2,1H3,(H3,13,14). The van der Waals surface area contributed by atoms with Gasteiger partial charge in [-0.1, -0.05) is 12.8 Å². The molecule has 2 rings (SSSR count). The molecule has 1 aromatic rings. The summed E-state index contributed by atoms with van der Waals surface area (Å²) in [6.45, 7) is 0. The second kappa shape index (κ2) is 5.30. The molecule has 1 heterocycles. The van der Waals surface area contributed by atoms with Gasteiger partial charge in [-0.3, -0.25) is 5.41 Å². The number of nitrogen functional groups attached to an aromatic ring is 1. The highest BCUT2D eigenvalue weighted by Crippen LogP contribution is 2.24. The number of nitrogens with zero attached hydrogens (tertiary/aromatic N) is 3. The molecule has 4 N–H and O–H groups in total. The molecule has 0 aliphatic heterocycles. The lowest BCUT2D eigenvalue weighted by Crippen LogP contribution is -2.44. The average Bonchev–Trinajstić information content (AvgIpc) is 2.38. The SMILES string of the molecule is CN(c1nccc(C(=N)N)n1)C1CCCCC1O. The third kappa shape index (κ3) is 2.59. The van der Waals surface area contributed by atoms with E-state index >= 15 is 0 Å². The fraction of sp³-hybridized carbons (Fsp3) is 0.583. The summed E-state index contributed by atoms with van der Waals surface area (Å²) < 4.78 is 0. The number of aromatic nitrogens is 2. The number of rotatable bonds is 3. The number of hydrogen-bond acceptors (Lipinski definition) is 5. The van der Waals surface area contributed by atoms with E-state index in [1.807, 2.05) is 11.9 Å². The van der Waals surface area contributed by atoms with E-state index in [2.05, 4.69) is 9.97 Å². The monoisotopic (exact) mass is 249 g/mol. The van der Waals surface area contributed by atoms with Gasteiger partial charge in [0.25, 0.3) is 0 Å². The number of amidine groups is 1. The number of likely N-dealkylation sites (N-methyl/N-ethyl adjacent to an activating group) is 1. The number of hydrogen-bond donors (Lipinski definition) is 3. The Morgan fingerprint density at radius 2 is 2.22 bits per heavy atom. The fourth-order valence-corrected chi connectivity index (χ4v) is 2.36. The first-order valence-corrected chi connectivity index (χ1v) is 6.18. The van der Waals surface area contributed by atoms with Gasteiger partial charge in [-0.25, -0.2) is 9.97 Å². The maximum atomic E-state index is 10.0. The fourth-order valence-electron chi connectivity index (χ4n) is 2.36. The highest BCUT2D eigenvalue weighted by molar-refractivity contribution is 5.93. The summed E-state index contributed by atoms with van der Waals surface area (Å²) in [6.07, 6.45) is 5.18. The van der Waals surface area contributed by atoms with Crippen LogP contribution in [-0.2, 0) is 0 Å². The van der Waals surface area contributed by atoms with Gasteiger partial charge < -0.3 is 15.7 Å². The van der Waals surface area contributed by atoms with Gasteiger partial charge in [0.1, 0.15) is 11.5 Å². The normalized spacial score (nSPS) is 23.7. The molecule has 0 bridgehead atoms. The van der Waals surface area contributed by atoms with Crippen molar-refractivity contribution in [3.05, 3.63) is 18.0 Å². The summed E-state index contributed by atoms with van der Waals surface area (Å²) in [6, 6.07) is 1.65. The summed E-state index contributed by atoms with van der Waals surface area (Å²) >= 11 is 0. The molecule has 1 aromatic heterocycles. The Morgan fingerprint density at radius 3 is 2.89 bits per heavy atom. The van der Waals surface area contributed by atoms with Crippen LogP contribution < -0.4 is 10.6 Å². The topological polar surface area (TPSA) is 99.1 Å². The van der Waals surface area contributed by atoms with Crippen molar-refractivity contribution in [2.45, 2.75) is 37.8 Å². The van der Waals surface area contributed by atoms with Crippen LogP contribution in [0.4, 0.5) is 5.95 Å². The Hall–Kier alpha value is -1.69. The number of nitrogens with one attached hydrogen (secondary N) is 1. The van der Waals surface area contributed by atoms with Crippen LogP contribution in [0.25, 0.3) is 0 Å². The quantitative estimate of drug-likeness (QED) is 0.535. The van der Waals surface area contributed by atoms with Crippen molar-refractivity contribution in [2.24, 2.45) is 5.73 Å². The predicted molar refractivity (Wildman–Crippen MR) is 69.7 cm³/mol. The lowest BCUT2D eigenvalue weighted by Gasteiger charge is -2.35. The molecule has 1 aliphatic carbocycles. The van der Waals surface area contributed by atoms with Crippen molar-refractivity contribution < 1.29 is 5.11 Å². The maximum Gasteiger partial charge on any atom is 0.226 e. The van der Waals surface area contributed by atoms with Crippen LogP contribution in [0.2, 0.25) is 0 Å². The lowest BCUT2D eigenvalue weighted by atomic mass is 9.92. The Bertz CT molecular complexity index is 436. The van der Waals surface area contributed by atoms with E-state index in [0.717, 1.165) is 25.7 Å². The van der Waals surface area contributed by atoms with Crippen LogP contribution in [0.5, 0.6) is 0 Å². The van der Waals surface area contributed by atoms with Gasteiger partial charge in [0.05, 0.1) is 12.1 Å². The van der Waals surface area contributed by atoms with Crippen molar-refractivity contribution in [2.75, 3.05) is 11.9 Å². The van der Waals surface area contributed by atoms with Crippen LogP contribution >= 0.6 is 0 Å². The molecule has 6 nitrogen and oxygen atoms in total. The van der Waals surface area contributed by atoms with Crippen molar-refractivity contribution in [3.8, 4) is 0 Å². The Labute approximate surface area is 106 Å². The summed E-state index contributed by atoms with van der Waals surface area (Å²) in [5.41, 5.74) is 5.83. The summed E-state index contributed by atoms with van der Waals surface area (Å²) in [5.74, 6) is 0.435. The summed E-state index contributed by atoms with van der Waals surface area (Å²) in [7, 11) is 1.87. The van der Waals surface area contributed by atoms with E-state index in [1.54, 1.807) is 12.3 Å². The summed E-state index contributed by atoms with van der Waals surface area (Å²) in [5, 5.41) is 17.4. The zero-order valence-electron chi connectivity index (χ0n) is 10.5. The minimum Gasteiger partial charge on any atom is -0.391 e. The van der Waals surface area contributed by atoms with E-state index < -0.39 is 0 Å². The first kappa shape index (κ1) is 12.8. The molecule has 0 amide bonds. The van der Waals surface area contributed by atoms with E-state index in [1.165, 1.54) is 0 Å². The van der Waals surface area contributed by atoms with Gasteiger partial charge >= 0.3 is 0 Å². The van der Waals surface area contributed by atoms with Crippen LogP contribution in [0.3, 0.4) is 0 Å². The molecule has 18 heavy (non-hydrogen) atoms. The molecule has 0 radical (unpaired) electrons. The highest BCUT2D eigenvalue weighted by atomic mass is 16.3. The Morgan fingerprint density at radius 1 is 1.50 bits per heavy atom. The molecule has 1 aliphatic rings. The average molecular weight is 249 g/mol. The number of nitrogens with two attached hydrogens (primary N) is 1. The second-order valence-electron chi connectivity index (χ2n) is 4.69. The van der Waals surface area contributed by atoms with Crippen LogP contribution in [0.15, 0.2) is 12.3 Å². The predicted octanol–water partition coefficient (Wildman–Crippen LogP) is 0.500.